The quantitative estimate of drug-likeness (QED) is 0.705. The van der Waals surface area contributed by atoms with Crippen LogP contribution in [-0.2, 0) is 4.79 Å². The molecule has 0 saturated carbocycles. The van der Waals surface area contributed by atoms with Crippen LogP contribution in [0.3, 0.4) is 0 Å². The fraction of sp³-hybridized carbons (Fsp3) is 0.909. The number of rotatable bonds is 2. The lowest BCUT2D eigenvalue weighted by Crippen LogP contribution is -2.39. The van der Waals surface area contributed by atoms with Crippen LogP contribution in [0, 0.1) is 11.8 Å². The van der Waals surface area contributed by atoms with Crippen LogP contribution < -0.4 is 0 Å². The smallest absolute Gasteiger partial charge is 0.223 e. The standard InChI is InChI=1S/C11H21NOS/c1-8(2)9-6-5-7-10(13)12(3)11(9)14-4/h8-9,11H,5-7H2,1-4H3. The summed E-state index contributed by atoms with van der Waals surface area (Å²) in [6.45, 7) is 4.52. The molecule has 0 aromatic heterocycles. The maximum Gasteiger partial charge on any atom is 0.223 e. The van der Waals surface area contributed by atoms with E-state index in [1.807, 2.05) is 23.7 Å². The van der Waals surface area contributed by atoms with Gasteiger partial charge in [-0.25, -0.2) is 0 Å². The van der Waals surface area contributed by atoms with Gasteiger partial charge in [0, 0.05) is 13.5 Å². The molecule has 3 heteroatoms. The topological polar surface area (TPSA) is 20.3 Å². The molecule has 0 spiro atoms. The van der Waals surface area contributed by atoms with E-state index in [1.165, 1.54) is 6.42 Å². The van der Waals surface area contributed by atoms with Crippen LogP contribution in [0.4, 0.5) is 0 Å². The van der Waals surface area contributed by atoms with Crippen molar-refractivity contribution in [2.24, 2.45) is 11.8 Å². The Morgan fingerprint density at radius 3 is 2.64 bits per heavy atom. The zero-order valence-corrected chi connectivity index (χ0v) is 10.4. The Balaban J connectivity index is 2.79. The van der Waals surface area contributed by atoms with Crippen LogP contribution >= 0.6 is 11.8 Å². The summed E-state index contributed by atoms with van der Waals surface area (Å²) in [5.41, 5.74) is 0. The van der Waals surface area contributed by atoms with E-state index in [-0.39, 0.29) is 0 Å². The number of nitrogens with zero attached hydrogens (tertiary/aromatic N) is 1. The molecule has 1 amide bonds. The van der Waals surface area contributed by atoms with Gasteiger partial charge in [0.05, 0.1) is 5.37 Å². The van der Waals surface area contributed by atoms with Gasteiger partial charge in [-0.3, -0.25) is 4.79 Å². The molecule has 1 fully saturated rings. The predicted molar refractivity (Wildman–Crippen MR) is 62.3 cm³/mol. The summed E-state index contributed by atoms with van der Waals surface area (Å²) in [5.74, 6) is 1.63. The predicted octanol–water partition coefficient (Wildman–Crippen LogP) is 2.59. The van der Waals surface area contributed by atoms with Gasteiger partial charge in [0.2, 0.25) is 5.91 Å². The summed E-state index contributed by atoms with van der Waals surface area (Å²) < 4.78 is 0. The van der Waals surface area contributed by atoms with E-state index in [2.05, 4.69) is 20.1 Å². The summed E-state index contributed by atoms with van der Waals surface area (Å²) in [6, 6.07) is 0. The lowest BCUT2D eigenvalue weighted by Gasteiger charge is -2.33. The number of amides is 1. The first-order valence-corrected chi connectivity index (χ1v) is 6.65. The first kappa shape index (κ1) is 11.9. The molecule has 0 bridgehead atoms. The van der Waals surface area contributed by atoms with Crippen molar-refractivity contribution in [3.63, 3.8) is 0 Å². The van der Waals surface area contributed by atoms with Gasteiger partial charge in [-0.15, -0.1) is 11.8 Å². The van der Waals surface area contributed by atoms with Crippen molar-refractivity contribution in [1.29, 1.82) is 0 Å². The maximum absolute atomic E-state index is 11.7. The van der Waals surface area contributed by atoms with Crippen LogP contribution in [0.5, 0.6) is 0 Å². The van der Waals surface area contributed by atoms with E-state index in [4.69, 9.17) is 0 Å². The van der Waals surface area contributed by atoms with Crippen molar-refractivity contribution in [2.45, 2.75) is 38.5 Å². The molecule has 0 N–H and O–H groups in total. The summed E-state index contributed by atoms with van der Waals surface area (Å²) in [5, 5.41) is 0.380. The molecular formula is C11H21NOS. The Kier molecular flexibility index (Phi) is 4.30. The second-order valence-electron chi connectivity index (χ2n) is 4.43. The van der Waals surface area contributed by atoms with E-state index >= 15 is 0 Å². The van der Waals surface area contributed by atoms with E-state index in [1.54, 1.807) is 0 Å². The Morgan fingerprint density at radius 1 is 1.50 bits per heavy atom. The van der Waals surface area contributed by atoms with Gasteiger partial charge in [0.25, 0.3) is 0 Å². The summed E-state index contributed by atoms with van der Waals surface area (Å²) in [4.78, 5) is 13.6. The van der Waals surface area contributed by atoms with Crippen LogP contribution in [0.2, 0.25) is 0 Å². The first-order valence-electron chi connectivity index (χ1n) is 5.36. The van der Waals surface area contributed by atoms with E-state index in [9.17, 15) is 4.79 Å². The third-order valence-corrected chi connectivity index (χ3v) is 4.32. The molecule has 1 rings (SSSR count). The lowest BCUT2D eigenvalue weighted by atomic mass is 9.91. The van der Waals surface area contributed by atoms with Gasteiger partial charge in [0.1, 0.15) is 0 Å². The van der Waals surface area contributed by atoms with Crippen LogP contribution in [0.15, 0.2) is 0 Å². The number of likely N-dealkylation sites (tertiary alicyclic amines) is 1. The van der Waals surface area contributed by atoms with Crippen molar-refractivity contribution in [3.8, 4) is 0 Å². The van der Waals surface area contributed by atoms with Crippen molar-refractivity contribution >= 4 is 17.7 Å². The molecule has 2 atom stereocenters. The fourth-order valence-corrected chi connectivity index (χ4v) is 3.47. The minimum absolute atomic E-state index is 0.313. The minimum atomic E-state index is 0.313. The number of hydrogen-bond donors (Lipinski definition) is 0. The van der Waals surface area contributed by atoms with Gasteiger partial charge in [0.15, 0.2) is 0 Å². The van der Waals surface area contributed by atoms with Crippen LogP contribution in [-0.4, -0.2) is 29.5 Å². The first-order chi connectivity index (χ1) is 6.57. The highest BCUT2D eigenvalue weighted by Crippen LogP contribution is 2.33. The van der Waals surface area contributed by atoms with E-state index in [0.29, 0.717) is 23.1 Å². The fourth-order valence-electron chi connectivity index (χ4n) is 2.23. The number of thioether (sulfide) groups is 1. The van der Waals surface area contributed by atoms with Gasteiger partial charge >= 0.3 is 0 Å². The lowest BCUT2D eigenvalue weighted by molar-refractivity contribution is -0.130. The van der Waals surface area contributed by atoms with E-state index in [0.717, 1.165) is 12.8 Å². The van der Waals surface area contributed by atoms with E-state index < -0.39 is 0 Å². The Morgan fingerprint density at radius 2 is 2.14 bits per heavy atom. The summed E-state index contributed by atoms with van der Waals surface area (Å²) in [7, 11) is 1.95. The van der Waals surface area contributed by atoms with Gasteiger partial charge < -0.3 is 4.90 Å². The highest BCUT2D eigenvalue weighted by atomic mass is 32.2. The van der Waals surface area contributed by atoms with Crippen molar-refractivity contribution in [2.75, 3.05) is 13.3 Å². The normalized spacial score (nSPS) is 29.5. The molecule has 1 aliphatic heterocycles. The Hall–Kier alpha value is -0.180. The third-order valence-electron chi connectivity index (χ3n) is 3.17. The highest BCUT2D eigenvalue weighted by molar-refractivity contribution is 7.99. The molecule has 0 aromatic carbocycles. The van der Waals surface area contributed by atoms with Gasteiger partial charge in [-0.2, -0.15) is 0 Å². The Bertz CT molecular complexity index is 205. The molecule has 0 aromatic rings. The number of hydrogen-bond acceptors (Lipinski definition) is 2. The average Bonchev–Trinajstić information content (AvgIpc) is 2.27. The van der Waals surface area contributed by atoms with Crippen LogP contribution in [0.1, 0.15) is 33.1 Å². The zero-order valence-electron chi connectivity index (χ0n) is 9.62. The molecular weight excluding hydrogens is 194 g/mol. The molecule has 14 heavy (non-hydrogen) atoms. The molecule has 1 heterocycles. The molecule has 0 aliphatic carbocycles. The average molecular weight is 215 g/mol. The number of carbonyl (C=O) groups excluding carboxylic acids is 1. The van der Waals surface area contributed by atoms with Crippen molar-refractivity contribution < 1.29 is 4.79 Å². The van der Waals surface area contributed by atoms with Crippen molar-refractivity contribution in [1.82, 2.24) is 4.90 Å². The monoisotopic (exact) mass is 215 g/mol. The minimum Gasteiger partial charge on any atom is -0.334 e. The third kappa shape index (κ3) is 2.44. The summed E-state index contributed by atoms with van der Waals surface area (Å²) >= 11 is 1.81. The highest BCUT2D eigenvalue weighted by Gasteiger charge is 2.32. The van der Waals surface area contributed by atoms with Gasteiger partial charge in [-0.1, -0.05) is 13.8 Å². The maximum atomic E-state index is 11.7. The summed E-state index contributed by atoms with van der Waals surface area (Å²) in [6.07, 6.45) is 5.09. The molecule has 1 aliphatic rings. The molecule has 0 radical (unpaired) electrons. The molecule has 2 unspecified atom stereocenters. The molecule has 2 nitrogen and oxygen atoms in total. The largest absolute Gasteiger partial charge is 0.334 e. The Labute approximate surface area is 91.4 Å². The zero-order chi connectivity index (χ0) is 10.7. The second kappa shape index (κ2) is 5.06. The molecule has 82 valence electrons. The van der Waals surface area contributed by atoms with Crippen LogP contribution in [0.25, 0.3) is 0 Å². The molecule has 1 saturated heterocycles. The second-order valence-corrected chi connectivity index (χ2v) is 5.39. The van der Waals surface area contributed by atoms with Crippen molar-refractivity contribution in [3.05, 3.63) is 0 Å². The number of carbonyl (C=O) groups is 1. The van der Waals surface area contributed by atoms with Gasteiger partial charge in [-0.05, 0) is 30.9 Å². The SMILES string of the molecule is CSC1C(C(C)C)CCCC(=O)N1C.